The lowest BCUT2D eigenvalue weighted by molar-refractivity contribution is 0.0765. The molecule has 17 heavy (non-hydrogen) atoms. The standard InChI is InChI=1S/C12H18N4O/c1-4-7-16(8-6-13)12(17)11-9-10(5-2)14-15(11)3/h9H,4-5,7-8H2,1-3H3. The number of carbonyl (C=O) groups is 1. The first-order chi connectivity index (χ1) is 8.13. The number of hydrogen-bond donors (Lipinski definition) is 0. The van der Waals surface area contributed by atoms with Crippen molar-refractivity contribution in [1.82, 2.24) is 14.7 Å². The van der Waals surface area contributed by atoms with Crippen molar-refractivity contribution in [2.45, 2.75) is 26.7 Å². The van der Waals surface area contributed by atoms with E-state index in [1.165, 1.54) is 0 Å². The summed E-state index contributed by atoms with van der Waals surface area (Å²) in [6, 6.07) is 3.81. The van der Waals surface area contributed by atoms with Gasteiger partial charge in [-0.1, -0.05) is 13.8 Å². The number of carbonyl (C=O) groups excluding carboxylic acids is 1. The second-order valence-electron chi connectivity index (χ2n) is 3.88. The molecule has 0 saturated heterocycles. The maximum absolute atomic E-state index is 12.2. The fourth-order valence-corrected chi connectivity index (χ4v) is 1.67. The van der Waals surface area contributed by atoms with Crippen LogP contribution in [0.5, 0.6) is 0 Å². The Balaban J connectivity index is 2.92. The molecule has 1 aromatic heterocycles. The second kappa shape index (κ2) is 6.04. The average molecular weight is 234 g/mol. The van der Waals surface area contributed by atoms with E-state index in [9.17, 15) is 4.79 Å². The number of amides is 1. The molecule has 0 N–H and O–H groups in total. The minimum absolute atomic E-state index is 0.122. The Bertz CT molecular complexity index is 430. The van der Waals surface area contributed by atoms with E-state index in [2.05, 4.69) is 5.10 Å². The van der Waals surface area contributed by atoms with Gasteiger partial charge in [-0.15, -0.1) is 0 Å². The number of rotatable bonds is 5. The van der Waals surface area contributed by atoms with Gasteiger partial charge in [0.15, 0.2) is 0 Å². The number of nitrogens with zero attached hydrogens (tertiary/aromatic N) is 4. The van der Waals surface area contributed by atoms with Crippen molar-refractivity contribution in [2.75, 3.05) is 13.1 Å². The van der Waals surface area contributed by atoms with Gasteiger partial charge in [0.1, 0.15) is 12.2 Å². The van der Waals surface area contributed by atoms with E-state index in [1.807, 2.05) is 19.9 Å². The van der Waals surface area contributed by atoms with Gasteiger partial charge in [-0.2, -0.15) is 10.4 Å². The molecule has 0 fully saturated rings. The van der Waals surface area contributed by atoms with Gasteiger partial charge in [0, 0.05) is 13.6 Å². The lowest BCUT2D eigenvalue weighted by Crippen LogP contribution is -2.33. The van der Waals surface area contributed by atoms with E-state index in [0.717, 1.165) is 18.5 Å². The molecule has 0 atom stereocenters. The zero-order chi connectivity index (χ0) is 12.8. The lowest BCUT2D eigenvalue weighted by Gasteiger charge is -2.18. The van der Waals surface area contributed by atoms with Gasteiger partial charge in [0.2, 0.25) is 0 Å². The van der Waals surface area contributed by atoms with Gasteiger partial charge in [-0.3, -0.25) is 9.48 Å². The summed E-state index contributed by atoms with van der Waals surface area (Å²) < 4.78 is 1.58. The average Bonchev–Trinajstić information content (AvgIpc) is 2.69. The van der Waals surface area contributed by atoms with E-state index in [-0.39, 0.29) is 12.5 Å². The SMILES string of the molecule is CCCN(CC#N)C(=O)c1cc(CC)nn1C. The Labute approximate surface area is 102 Å². The van der Waals surface area contributed by atoms with Crippen molar-refractivity contribution in [3.05, 3.63) is 17.5 Å². The van der Waals surface area contributed by atoms with Crippen molar-refractivity contribution < 1.29 is 4.79 Å². The monoisotopic (exact) mass is 234 g/mol. The van der Waals surface area contributed by atoms with Gasteiger partial charge in [0.25, 0.3) is 5.91 Å². The molecule has 0 aromatic carbocycles. The number of aryl methyl sites for hydroxylation is 2. The van der Waals surface area contributed by atoms with Crippen molar-refractivity contribution >= 4 is 5.91 Å². The first-order valence-electron chi connectivity index (χ1n) is 5.83. The highest BCUT2D eigenvalue weighted by Gasteiger charge is 2.18. The summed E-state index contributed by atoms with van der Waals surface area (Å²) in [6.07, 6.45) is 1.64. The third-order valence-corrected chi connectivity index (χ3v) is 2.55. The van der Waals surface area contributed by atoms with E-state index in [0.29, 0.717) is 12.2 Å². The van der Waals surface area contributed by atoms with Gasteiger partial charge in [-0.25, -0.2) is 0 Å². The van der Waals surface area contributed by atoms with Gasteiger partial charge >= 0.3 is 0 Å². The van der Waals surface area contributed by atoms with Crippen molar-refractivity contribution in [3.8, 4) is 6.07 Å². The Kier molecular flexibility index (Phi) is 4.70. The van der Waals surface area contributed by atoms with Gasteiger partial charge < -0.3 is 4.90 Å². The molecule has 0 saturated carbocycles. The maximum Gasteiger partial charge on any atom is 0.272 e. The topological polar surface area (TPSA) is 61.9 Å². The van der Waals surface area contributed by atoms with Crippen LogP contribution in [0.1, 0.15) is 36.5 Å². The molecular formula is C12H18N4O. The number of hydrogen-bond acceptors (Lipinski definition) is 3. The van der Waals surface area contributed by atoms with Crippen molar-refractivity contribution in [1.29, 1.82) is 5.26 Å². The zero-order valence-electron chi connectivity index (χ0n) is 10.6. The Morgan fingerprint density at radius 2 is 2.29 bits per heavy atom. The summed E-state index contributed by atoms with van der Waals surface area (Å²) >= 11 is 0. The highest BCUT2D eigenvalue weighted by molar-refractivity contribution is 5.92. The van der Waals surface area contributed by atoms with Crippen LogP contribution in [0.4, 0.5) is 0 Å². The number of nitriles is 1. The molecule has 1 rings (SSSR count). The van der Waals surface area contributed by atoms with E-state index in [4.69, 9.17) is 5.26 Å². The fraction of sp³-hybridized carbons (Fsp3) is 0.583. The van der Waals surface area contributed by atoms with Crippen LogP contribution in [0.2, 0.25) is 0 Å². The highest BCUT2D eigenvalue weighted by Crippen LogP contribution is 2.08. The predicted octanol–water partition coefficient (Wildman–Crippen LogP) is 1.36. The molecule has 1 aromatic rings. The van der Waals surface area contributed by atoms with Crippen LogP contribution < -0.4 is 0 Å². The van der Waals surface area contributed by atoms with Crippen molar-refractivity contribution in [2.24, 2.45) is 7.05 Å². The first kappa shape index (κ1) is 13.2. The lowest BCUT2D eigenvalue weighted by atomic mass is 10.2. The second-order valence-corrected chi connectivity index (χ2v) is 3.88. The van der Waals surface area contributed by atoms with Crippen molar-refractivity contribution in [3.63, 3.8) is 0 Å². The van der Waals surface area contributed by atoms with E-state index >= 15 is 0 Å². The minimum Gasteiger partial charge on any atom is -0.324 e. The molecular weight excluding hydrogens is 216 g/mol. The molecule has 1 heterocycles. The molecule has 1 amide bonds. The Morgan fingerprint density at radius 1 is 1.59 bits per heavy atom. The summed E-state index contributed by atoms with van der Waals surface area (Å²) in [5.41, 5.74) is 1.44. The molecule has 5 heteroatoms. The third kappa shape index (κ3) is 3.06. The molecule has 0 unspecified atom stereocenters. The summed E-state index contributed by atoms with van der Waals surface area (Å²) in [5.74, 6) is -0.122. The number of aromatic nitrogens is 2. The van der Waals surface area contributed by atoms with E-state index in [1.54, 1.807) is 22.7 Å². The van der Waals surface area contributed by atoms with Gasteiger partial charge in [0.05, 0.1) is 11.8 Å². The maximum atomic E-state index is 12.2. The highest BCUT2D eigenvalue weighted by atomic mass is 16.2. The Morgan fingerprint density at radius 3 is 2.76 bits per heavy atom. The predicted molar refractivity (Wildman–Crippen MR) is 64.4 cm³/mol. The first-order valence-corrected chi connectivity index (χ1v) is 5.83. The summed E-state index contributed by atoms with van der Waals surface area (Å²) in [7, 11) is 1.75. The largest absolute Gasteiger partial charge is 0.324 e. The quantitative estimate of drug-likeness (QED) is 0.723. The molecule has 5 nitrogen and oxygen atoms in total. The van der Waals surface area contributed by atoms with Crippen LogP contribution in [-0.4, -0.2) is 33.7 Å². The molecule has 0 aliphatic heterocycles. The fourth-order valence-electron chi connectivity index (χ4n) is 1.67. The van der Waals surface area contributed by atoms with Crippen LogP contribution in [0.3, 0.4) is 0 Å². The smallest absolute Gasteiger partial charge is 0.272 e. The molecule has 0 spiro atoms. The summed E-state index contributed by atoms with van der Waals surface area (Å²) in [6.45, 7) is 4.70. The summed E-state index contributed by atoms with van der Waals surface area (Å²) in [4.78, 5) is 13.7. The van der Waals surface area contributed by atoms with Crippen LogP contribution >= 0.6 is 0 Å². The van der Waals surface area contributed by atoms with Crippen LogP contribution in [-0.2, 0) is 13.5 Å². The van der Waals surface area contributed by atoms with E-state index < -0.39 is 0 Å². The van der Waals surface area contributed by atoms with Crippen LogP contribution in [0, 0.1) is 11.3 Å². The zero-order valence-corrected chi connectivity index (χ0v) is 10.6. The molecule has 0 aliphatic carbocycles. The molecule has 0 bridgehead atoms. The molecule has 92 valence electrons. The normalized spacial score (nSPS) is 10.0. The minimum atomic E-state index is -0.122. The Hall–Kier alpha value is -1.83. The third-order valence-electron chi connectivity index (χ3n) is 2.55. The van der Waals surface area contributed by atoms with Crippen LogP contribution in [0.15, 0.2) is 6.07 Å². The molecule has 0 aliphatic rings. The molecule has 0 radical (unpaired) electrons. The van der Waals surface area contributed by atoms with Gasteiger partial charge in [-0.05, 0) is 18.9 Å². The van der Waals surface area contributed by atoms with Crippen LogP contribution in [0.25, 0.3) is 0 Å². The summed E-state index contributed by atoms with van der Waals surface area (Å²) in [5, 5.41) is 13.0.